The van der Waals surface area contributed by atoms with Gasteiger partial charge in [-0.15, -0.1) is 0 Å². The fraction of sp³-hybridized carbons (Fsp3) is 0.320. The zero-order valence-electron chi connectivity index (χ0n) is 18.8. The highest BCUT2D eigenvalue weighted by molar-refractivity contribution is 7.90. The van der Waals surface area contributed by atoms with Crippen molar-refractivity contribution in [2.24, 2.45) is 0 Å². The molecule has 1 N–H and O–H groups in total. The Morgan fingerprint density at radius 1 is 0.839 bits per heavy atom. The summed E-state index contributed by atoms with van der Waals surface area (Å²) in [5.74, 6) is -0.0983. The minimum Gasteiger partial charge on any atom is -0.507 e. The van der Waals surface area contributed by atoms with Gasteiger partial charge in [0.15, 0.2) is 5.78 Å². The van der Waals surface area contributed by atoms with E-state index in [1.807, 2.05) is 41.5 Å². The van der Waals surface area contributed by atoms with Crippen molar-refractivity contribution in [3.05, 3.63) is 83.2 Å². The predicted molar refractivity (Wildman–Crippen MR) is 122 cm³/mol. The van der Waals surface area contributed by atoms with Crippen molar-refractivity contribution in [1.29, 1.82) is 0 Å². The molecule has 0 fully saturated rings. The van der Waals surface area contributed by atoms with Crippen molar-refractivity contribution in [3.8, 4) is 5.75 Å². The number of ketones is 1. The summed E-state index contributed by atoms with van der Waals surface area (Å²) in [4.78, 5) is 13.5. The van der Waals surface area contributed by atoms with Gasteiger partial charge < -0.3 is 5.11 Å². The first kappa shape index (κ1) is 22.8. The third-order valence-electron chi connectivity index (χ3n) is 5.24. The van der Waals surface area contributed by atoms with E-state index < -0.39 is 10.0 Å². The molecule has 3 aromatic rings. The van der Waals surface area contributed by atoms with Gasteiger partial charge in [-0.25, -0.2) is 12.4 Å². The van der Waals surface area contributed by atoms with Crippen molar-refractivity contribution in [2.45, 2.75) is 57.3 Å². The molecular weight excluding hydrogens is 410 g/mol. The van der Waals surface area contributed by atoms with Gasteiger partial charge in [0.2, 0.25) is 0 Å². The van der Waals surface area contributed by atoms with E-state index in [9.17, 15) is 18.3 Å². The van der Waals surface area contributed by atoms with Crippen molar-refractivity contribution in [2.75, 3.05) is 0 Å². The molecule has 0 bridgehead atoms. The van der Waals surface area contributed by atoms with E-state index in [2.05, 4.69) is 0 Å². The van der Waals surface area contributed by atoms with Gasteiger partial charge in [0.1, 0.15) is 5.75 Å². The van der Waals surface area contributed by atoms with E-state index in [0.717, 1.165) is 3.97 Å². The monoisotopic (exact) mass is 439 g/mol. The third kappa shape index (κ3) is 4.44. The molecule has 3 rings (SSSR count). The van der Waals surface area contributed by atoms with Crippen LogP contribution in [0.3, 0.4) is 0 Å². The van der Waals surface area contributed by atoms with Crippen LogP contribution in [0.4, 0.5) is 0 Å². The van der Waals surface area contributed by atoms with Crippen LogP contribution in [0.2, 0.25) is 0 Å². The van der Waals surface area contributed by atoms with Crippen molar-refractivity contribution >= 4 is 15.8 Å². The molecule has 0 spiro atoms. The Balaban J connectivity index is 2.09. The van der Waals surface area contributed by atoms with Crippen molar-refractivity contribution in [3.63, 3.8) is 0 Å². The summed E-state index contributed by atoms with van der Waals surface area (Å²) in [6, 6.07) is 13.0. The molecule has 0 atom stereocenters. The summed E-state index contributed by atoms with van der Waals surface area (Å²) in [5.41, 5.74) is 1.30. The van der Waals surface area contributed by atoms with Gasteiger partial charge in [-0.05, 0) is 41.2 Å². The molecule has 0 aliphatic rings. The average Bonchev–Trinajstić information content (AvgIpc) is 3.17. The first-order valence-corrected chi connectivity index (χ1v) is 11.6. The molecule has 0 aliphatic heterocycles. The van der Waals surface area contributed by atoms with Crippen LogP contribution < -0.4 is 0 Å². The zero-order chi connectivity index (χ0) is 23.2. The van der Waals surface area contributed by atoms with Crippen LogP contribution in [0.15, 0.2) is 65.8 Å². The van der Waals surface area contributed by atoms with Crippen molar-refractivity contribution < 1.29 is 18.3 Å². The maximum absolute atomic E-state index is 13.3. The topological polar surface area (TPSA) is 76.4 Å². The van der Waals surface area contributed by atoms with Crippen LogP contribution in [0, 0.1) is 0 Å². The maximum atomic E-state index is 13.3. The Morgan fingerprint density at radius 2 is 1.35 bits per heavy atom. The van der Waals surface area contributed by atoms with Crippen LogP contribution >= 0.6 is 0 Å². The molecule has 0 radical (unpaired) electrons. The Kier molecular flexibility index (Phi) is 5.65. The first-order chi connectivity index (χ1) is 14.2. The Bertz CT molecular complexity index is 1190. The quantitative estimate of drug-likeness (QED) is 0.563. The van der Waals surface area contributed by atoms with E-state index in [-0.39, 0.29) is 32.8 Å². The molecule has 1 heterocycles. The van der Waals surface area contributed by atoms with Gasteiger partial charge in [-0.2, -0.15) is 0 Å². The van der Waals surface area contributed by atoms with Gasteiger partial charge in [0.25, 0.3) is 10.0 Å². The van der Waals surface area contributed by atoms with Crippen molar-refractivity contribution in [1.82, 2.24) is 3.97 Å². The van der Waals surface area contributed by atoms with Gasteiger partial charge in [0.05, 0.1) is 4.90 Å². The summed E-state index contributed by atoms with van der Waals surface area (Å²) in [5, 5.41) is 10.9. The largest absolute Gasteiger partial charge is 0.507 e. The summed E-state index contributed by atoms with van der Waals surface area (Å²) in [7, 11) is -3.78. The number of carbonyl (C=O) groups is 1. The Morgan fingerprint density at radius 3 is 1.84 bits per heavy atom. The van der Waals surface area contributed by atoms with Crippen LogP contribution in [-0.4, -0.2) is 23.3 Å². The number of benzene rings is 2. The third-order valence-corrected chi connectivity index (χ3v) is 6.89. The molecule has 0 aliphatic carbocycles. The molecule has 6 heteroatoms. The summed E-state index contributed by atoms with van der Waals surface area (Å²) in [6.07, 6.45) is 2.72. The molecular formula is C25H29NO4S. The lowest BCUT2D eigenvalue weighted by Gasteiger charge is -2.28. The smallest absolute Gasteiger partial charge is 0.267 e. The van der Waals surface area contributed by atoms with Crippen LogP contribution in [0.5, 0.6) is 5.75 Å². The molecule has 0 unspecified atom stereocenters. The molecule has 31 heavy (non-hydrogen) atoms. The number of aromatic nitrogens is 1. The number of aromatic hydroxyl groups is 1. The van der Waals surface area contributed by atoms with E-state index in [1.165, 1.54) is 30.6 Å². The molecule has 2 aromatic carbocycles. The number of phenols is 1. The highest BCUT2D eigenvalue weighted by Gasteiger charge is 2.28. The second-order valence-electron chi connectivity index (χ2n) is 9.80. The van der Waals surface area contributed by atoms with E-state index in [1.54, 1.807) is 30.3 Å². The van der Waals surface area contributed by atoms with E-state index >= 15 is 0 Å². The normalized spacial score (nSPS) is 12.7. The molecule has 0 amide bonds. The standard InChI is InChI=1S/C25H29NO4S/c1-24(2,3)20-14-18(15-21(23(20)28)25(4,5)6)22(27)17-12-13-26(16-17)31(29,30)19-10-8-7-9-11-19/h7-16,28H,1-6H3. The van der Waals surface area contributed by atoms with Gasteiger partial charge >= 0.3 is 0 Å². The lowest BCUT2D eigenvalue weighted by molar-refractivity contribution is 0.103. The minimum absolute atomic E-state index is 0.152. The highest BCUT2D eigenvalue weighted by atomic mass is 32.2. The fourth-order valence-corrected chi connectivity index (χ4v) is 4.67. The van der Waals surface area contributed by atoms with Gasteiger partial charge in [-0.3, -0.25) is 4.79 Å². The predicted octanol–water partition coefficient (Wildman–Crippen LogP) is 5.26. The highest BCUT2D eigenvalue weighted by Crippen LogP contribution is 2.40. The second kappa shape index (κ2) is 7.68. The van der Waals surface area contributed by atoms with Crippen LogP contribution in [0.25, 0.3) is 0 Å². The maximum Gasteiger partial charge on any atom is 0.267 e. The first-order valence-electron chi connectivity index (χ1n) is 10.1. The number of carbonyl (C=O) groups excluding carboxylic acids is 1. The molecule has 0 saturated carbocycles. The average molecular weight is 440 g/mol. The number of rotatable bonds is 4. The summed E-state index contributed by atoms with van der Waals surface area (Å²) in [6.45, 7) is 11.9. The molecule has 5 nitrogen and oxygen atoms in total. The van der Waals surface area contributed by atoms with Gasteiger partial charge in [-0.1, -0.05) is 59.7 Å². The number of nitrogens with zero attached hydrogens (tertiary/aromatic N) is 1. The second-order valence-corrected chi connectivity index (χ2v) is 11.6. The Hall–Kier alpha value is -2.86. The lowest BCUT2D eigenvalue weighted by Crippen LogP contribution is -2.19. The van der Waals surface area contributed by atoms with E-state index in [0.29, 0.717) is 16.7 Å². The molecule has 1 aromatic heterocycles. The van der Waals surface area contributed by atoms with Crippen LogP contribution in [0.1, 0.15) is 68.6 Å². The fourth-order valence-electron chi connectivity index (χ4n) is 3.45. The molecule has 0 saturated heterocycles. The number of phenolic OH excluding ortho intramolecular Hbond substituents is 1. The summed E-state index contributed by atoms with van der Waals surface area (Å²) >= 11 is 0. The van der Waals surface area contributed by atoms with E-state index in [4.69, 9.17) is 0 Å². The van der Waals surface area contributed by atoms with Gasteiger partial charge in [0, 0.05) is 34.6 Å². The van der Waals surface area contributed by atoms with Crippen LogP contribution in [-0.2, 0) is 20.9 Å². The number of hydrogen-bond donors (Lipinski definition) is 1. The summed E-state index contributed by atoms with van der Waals surface area (Å²) < 4.78 is 26.7. The Labute approximate surface area is 184 Å². The minimum atomic E-state index is -3.78. The lowest BCUT2D eigenvalue weighted by atomic mass is 9.78. The SMILES string of the molecule is CC(C)(C)c1cc(C(=O)c2ccn(S(=O)(=O)c3ccccc3)c2)cc(C(C)(C)C)c1O. The zero-order valence-corrected chi connectivity index (χ0v) is 19.6. The molecule has 164 valence electrons. The number of hydrogen-bond acceptors (Lipinski definition) is 4.